The first kappa shape index (κ1) is 13.7. The third-order valence-electron chi connectivity index (χ3n) is 2.19. The summed E-state index contributed by atoms with van der Waals surface area (Å²) < 4.78 is 4.80. The fourth-order valence-electron chi connectivity index (χ4n) is 1.20. The number of hydrogen-bond acceptors (Lipinski definition) is 5. The Morgan fingerprint density at radius 3 is 2.65 bits per heavy atom. The van der Waals surface area contributed by atoms with Gasteiger partial charge in [0, 0.05) is 6.54 Å². The lowest BCUT2D eigenvalue weighted by molar-refractivity contribution is -0.142. The molecule has 0 atom stereocenters. The molecule has 5 nitrogen and oxygen atoms in total. The first-order valence-corrected chi connectivity index (χ1v) is 5.82. The van der Waals surface area contributed by atoms with Crippen molar-refractivity contribution >= 4 is 23.4 Å². The summed E-state index contributed by atoms with van der Waals surface area (Å²) in [5, 5.41) is 3.28. The Balaban J connectivity index is 2.52. The lowest BCUT2D eigenvalue weighted by atomic mass is 10.3. The summed E-state index contributed by atoms with van der Waals surface area (Å²) in [6, 6.07) is 0. The summed E-state index contributed by atoms with van der Waals surface area (Å²) in [6.07, 6.45) is 0.277. The summed E-state index contributed by atoms with van der Waals surface area (Å²) in [7, 11) is 0. The summed E-state index contributed by atoms with van der Waals surface area (Å²) in [4.78, 5) is 19.5. The van der Waals surface area contributed by atoms with Gasteiger partial charge in [-0.3, -0.25) is 4.79 Å². The zero-order valence-electron chi connectivity index (χ0n) is 10.2. The molecule has 0 aliphatic heterocycles. The molecular weight excluding hydrogens is 242 g/mol. The van der Waals surface area contributed by atoms with Gasteiger partial charge in [-0.2, -0.15) is 0 Å². The zero-order chi connectivity index (χ0) is 12.8. The Morgan fingerprint density at radius 1 is 1.35 bits per heavy atom. The van der Waals surface area contributed by atoms with Gasteiger partial charge in [-0.15, -0.1) is 0 Å². The smallest absolute Gasteiger partial charge is 0.307 e. The number of carbonyl (C=O) groups excluding carboxylic acids is 1. The maximum absolute atomic E-state index is 11.1. The van der Waals surface area contributed by atoms with E-state index < -0.39 is 0 Å². The minimum atomic E-state index is -0.243. The number of rotatable bonds is 5. The molecule has 1 aromatic heterocycles. The monoisotopic (exact) mass is 257 g/mol. The van der Waals surface area contributed by atoms with Crippen LogP contribution in [-0.2, 0) is 9.53 Å². The van der Waals surface area contributed by atoms with E-state index in [1.807, 2.05) is 13.8 Å². The van der Waals surface area contributed by atoms with Crippen LogP contribution in [0.15, 0.2) is 0 Å². The molecule has 0 fully saturated rings. The normalized spacial score (nSPS) is 10.1. The Bertz CT molecular complexity index is 410. The van der Waals surface area contributed by atoms with Gasteiger partial charge in [0.05, 0.1) is 24.4 Å². The molecule has 0 spiro atoms. The second-order valence-electron chi connectivity index (χ2n) is 3.52. The summed E-state index contributed by atoms with van der Waals surface area (Å²) in [6.45, 7) is 6.29. The van der Waals surface area contributed by atoms with Gasteiger partial charge in [-0.1, -0.05) is 11.6 Å². The van der Waals surface area contributed by atoms with E-state index in [-0.39, 0.29) is 12.4 Å². The number of anilines is 1. The third kappa shape index (κ3) is 4.19. The first-order valence-electron chi connectivity index (χ1n) is 5.44. The Labute approximate surface area is 106 Å². The number of ether oxygens (including phenoxy) is 1. The Hall–Kier alpha value is -1.36. The van der Waals surface area contributed by atoms with Gasteiger partial charge in [0.15, 0.2) is 11.0 Å². The van der Waals surface area contributed by atoms with E-state index in [9.17, 15) is 4.79 Å². The minimum Gasteiger partial charge on any atom is -0.466 e. The van der Waals surface area contributed by atoms with Crippen LogP contribution in [0.1, 0.15) is 24.7 Å². The van der Waals surface area contributed by atoms with Gasteiger partial charge in [0.1, 0.15) is 0 Å². The highest BCUT2D eigenvalue weighted by Crippen LogP contribution is 2.18. The molecule has 0 aliphatic rings. The number of carbonyl (C=O) groups is 1. The molecule has 1 aromatic rings. The molecule has 0 amide bonds. The molecule has 1 heterocycles. The zero-order valence-corrected chi connectivity index (χ0v) is 11.0. The minimum absolute atomic E-state index is 0.243. The quantitative estimate of drug-likeness (QED) is 0.819. The largest absolute Gasteiger partial charge is 0.466 e. The molecule has 0 saturated heterocycles. The second-order valence-corrected chi connectivity index (χ2v) is 3.87. The maximum Gasteiger partial charge on any atom is 0.307 e. The van der Waals surface area contributed by atoms with Gasteiger partial charge >= 0.3 is 5.97 Å². The molecule has 1 rings (SSSR count). The molecule has 0 radical (unpaired) electrons. The van der Waals surface area contributed by atoms with Crippen molar-refractivity contribution in [2.24, 2.45) is 0 Å². The van der Waals surface area contributed by atoms with E-state index >= 15 is 0 Å². The predicted octanol–water partition coefficient (Wildman–Crippen LogP) is 2.11. The average molecular weight is 258 g/mol. The van der Waals surface area contributed by atoms with E-state index in [1.165, 1.54) is 0 Å². The van der Waals surface area contributed by atoms with Crippen LogP contribution in [0.25, 0.3) is 0 Å². The number of hydrogen-bond donors (Lipinski definition) is 1. The van der Waals surface area contributed by atoms with Crippen LogP contribution in [0.2, 0.25) is 5.15 Å². The summed E-state index contributed by atoms with van der Waals surface area (Å²) in [5.41, 5.74) is 1.61. The lowest BCUT2D eigenvalue weighted by Crippen LogP contribution is -2.13. The average Bonchev–Trinajstić information content (AvgIpc) is 2.26. The van der Waals surface area contributed by atoms with Crippen molar-refractivity contribution in [3.05, 3.63) is 16.5 Å². The van der Waals surface area contributed by atoms with Crippen LogP contribution < -0.4 is 5.32 Å². The van der Waals surface area contributed by atoms with Crippen molar-refractivity contribution in [2.75, 3.05) is 18.5 Å². The van der Waals surface area contributed by atoms with Crippen molar-refractivity contribution in [3.63, 3.8) is 0 Å². The highest BCUT2D eigenvalue weighted by Gasteiger charge is 2.07. The fourth-order valence-corrected chi connectivity index (χ4v) is 1.44. The standard InChI is InChI=1S/C11H16ClN3O2/c1-4-17-9(16)5-6-13-11-10(12)14-7(2)8(3)15-11/h4-6H2,1-3H3,(H,13,15). The van der Waals surface area contributed by atoms with Gasteiger partial charge in [0.2, 0.25) is 0 Å². The number of aromatic nitrogens is 2. The molecule has 6 heteroatoms. The van der Waals surface area contributed by atoms with Crippen LogP contribution in [-0.4, -0.2) is 29.1 Å². The molecular formula is C11H16ClN3O2. The van der Waals surface area contributed by atoms with Crippen LogP contribution in [0.5, 0.6) is 0 Å². The van der Waals surface area contributed by atoms with Crippen LogP contribution in [0.3, 0.4) is 0 Å². The molecule has 0 saturated carbocycles. The van der Waals surface area contributed by atoms with Crippen LogP contribution in [0, 0.1) is 13.8 Å². The maximum atomic E-state index is 11.1. The van der Waals surface area contributed by atoms with Crippen molar-refractivity contribution < 1.29 is 9.53 Å². The third-order valence-corrected chi connectivity index (χ3v) is 2.45. The topological polar surface area (TPSA) is 64.1 Å². The molecule has 0 aromatic carbocycles. The highest BCUT2D eigenvalue weighted by atomic mass is 35.5. The first-order chi connectivity index (χ1) is 8.04. The number of halogens is 1. The van der Waals surface area contributed by atoms with Crippen molar-refractivity contribution in [1.82, 2.24) is 9.97 Å². The summed E-state index contributed by atoms with van der Waals surface area (Å²) >= 11 is 5.93. The van der Waals surface area contributed by atoms with E-state index in [0.717, 1.165) is 11.4 Å². The van der Waals surface area contributed by atoms with E-state index in [2.05, 4.69) is 15.3 Å². The van der Waals surface area contributed by atoms with Gasteiger partial charge in [-0.05, 0) is 20.8 Å². The Kier molecular flexibility index (Phi) is 5.15. The Morgan fingerprint density at radius 2 is 2.00 bits per heavy atom. The fraction of sp³-hybridized carbons (Fsp3) is 0.545. The molecule has 17 heavy (non-hydrogen) atoms. The SMILES string of the molecule is CCOC(=O)CCNc1nc(C)c(C)nc1Cl. The van der Waals surface area contributed by atoms with Gasteiger partial charge < -0.3 is 10.1 Å². The van der Waals surface area contributed by atoms with E-state index in [4.69, 9.17) is 16.3 Å². The van der Waals surface area contributed by atoms with Crippen molar-refractivity contribution in [3.8, 4) is 0 Å². The van der Waals surface area contributed by atoms with Gasteiger partial charge in [0.25, 0.3) is 0 Å². The number of esters is 1. The van der Waals surface area contributed by atoms with Gasteiger partial charge in [-0.25, -0.2) is 9.97 Å². The van der Waals surface area contributed by atoms with E-state index in [0.29, 0.717) is 24.1 Å². The van der Waals surface area contributed by atoms with Crippen LogP contribution >= 0.6 is 11.6 Å². The summed E-state index contributed by atoms with van der Waals surface area (Å²) in [5.74, 6) is 0.256. The molecule has 0 aliphatic carbocycles. The number of aryl methyl sites for hydroxylation is 2. The number of nitrogens with zero attached hydrogens (tertiary/aromatic N) is 2. The van der Waals surface area contributed by atoms with Crippen molar-refractivity contribution in [1.29, 1.82) is 0 Å². The van der Waals surface area contributed by atoms with E-state index in [1.54, 1.807) is 6.92 Å². The predicted molar refractivity (Wildman–Crippen MR) is 66.3 cm³/mol. The lowest BCUT2D eigenvalue weighted by Gasteiger charge is -2.08. The molecule has 1 N–H and O–H groups in total. The molecule has 0 unspecified atom stereocenters. The number of nitrogens with one attached hydrogen (secondary N) is 1. The second kappa shape index (κ2) is 6.39. The molecule has 0 bridgehead atoms. The van der Waals surface area contributed by atoms with Crippen LogP contribution in [0.4, 0.5) is 5.82 Å². The van der Waals surface area contributed by atoms with Crippen molar-refractivity contribution in [2.45, 2.75) is 27.2 Å². The molecule has 94 valence electrons. The highest BCUT2D eigenvalue weighted by molar-refractivity contribution is 6.31.